The zero-order valence-corrected chi connectivity index (χ0v) is 16.5. The predicted molar refractivity (Wildman–Crippen MR) is 106 cm³/mol. The summed E-state index contributed by atoms with van der Waals surface area (Å²) in [6, 6.07) is 5.39. The molecular formula is C23H34ClF. The molecule has 0 atom stereocenters. The van der Waals surface area contributed by atoms with Gasteiger partial charge in [-0.1, -0.05) is 76.0 Å². The average molecular weight is 365 g/mol. The number of hydrogen-bond acceptors (Lipinski definition) is 0. The fourth-order valence-electron chi connectivity index (χ4n) is 5.24. The third-order valence-electron chi connectivity index (χ3n) is 6.91. The van der Waals surface area contributed by atoms with Gasteiger partial charge in [-0.3, -0.25) is 0 Å². The maximum absolute atomic E-state index is 13.7. The number of benzene rings is 1. The highest BCUT2D eigenvalue weighted by atomic mass is 35.5. The van der Waals surface area contributed by atoms with Crippen LogP contribution in [0.4, 0.5) is 4.39 Å². The maximum atomic E-state index is 13.7. The van der Waals surface area contributed by atoms with E-state index in [1.165, 1.54) is 77.0 Å². The lowest BCUT2D eigenvalue weighted by atomic mass is 9.74. The summed E-state index contributed by atoms with van der Waals surface area (Å²) in [5.41, 5.74) is 1.15. The van der Waals surface area contributed by atoms with Gasteiger partial charge in [-0.25, -0.2) is 4.39 Å². The molecule has 0 spiro atoms. The second-order valence-corrected chi connectivity index (χ2v) is 9.05. The van der Waals surface area contributed by atoms with Gasteiger partial charge in [0.2, 0.25) is 0 Å². The number of halogens is 2. The van der Waals surface area contributed by atoms with Gasteiger partial charge in [-0.15, -0.1) is 0 Å². The van der Waals surface area contributed by atoms with Crippen molar-refractivity contribution in [1.82, 2.24) is 0 Å². The van der Waals surface area contributed by atoms with E-state index in [4.69, 9.17) is 11.6 Å². The van der Waals surface area contributed by atoms with Crippen LogP contribution in [-0.2, 0) is 0 Å². The smallest absolute Gasteiger partial charge is 0.142 e. The standard InChI is InChI=1S/C23H34ClF/c1-2-3-17-4-6-18(7-5-17)8-9-19-10-12-20(13-11-19)21-14-15-22(24)23(25)16-21/h14-20H,2-13H2,1H3/t17-,18-,19?,20?. The van der Waals surface area contributed by atoms with Gasteiger partial charge in [0.25, 0.3) is 0 Å². The van der Waals surface area contributed by atoms with E-state index in [9.17, 15) is 4.39 Å². The summed E-state index contributed by atoms with van der Waals surface area (Å²) in [5, 5.41) is 0.242. The van der Waals surface area contributed by atoms with E-state index in [1.807, 2.05) is 6.07 Å². The van der Waals surface area contributed by atoms with Gasteiger partial charge in [0.05, 0.1) is 5.02 Å². The zero-order chi connectivity index (χ0) is 17.6. The van der Waals surface area contributed by atoms with Gasteiger partial charge in [-0.05, 0) is 67.1 Å². The van der Waals surface area contributed by atoms with Crippen LogP contribution >= 0.6 is 11.6 Å². The molecule has 1 aromatic rings. The van der Waals surface area contributed by atoms with Crippen molar-refractivity contribution in [3.8, 4) is 0 Å². The minimum absolute atomic E-state index is 0.242. The molecule has 0 aromatic heterocycles. The van der Waals surface area contributed by atoms with Crippen molar-refractivity contribution in [3.05, 3.63) is 34.6 Å². The lowest BCUT2D eigenvalue weighted by Crippen LogP contribution is -2.17. The largest absolute Gasteiger partial charge is 0.205 e. The molecular weight excluding hydrogens is 331 g/mol. The van der Waals surface area contributed by atoms with Gasteiger partial charge in [0, 0.05) is 0 Å². The predicted octanol–water partition coefficient (Wildman–Crippen LogP) is 8.14. The maximum Gasteiger partial charge on any atom is 0.142 e. The molecule has 0 aliphatic heterocycles. The van der Waals surface area contributed by atoms with Crippen LogP contribution in [0.15, 0.2) is 18.2 Å². The van der Waals surface area contributed by atoms with E-state index in [1.54, 1.807) is 12.1 Å². The Labute approximate surface area is 158 Å². The molecule has 2 heteroatoms. The van der Waals surface area contributed by atoms with Crippen molar-refractivity contribution in [1.29, 1.82) is 0 Å². The van der Waals surface area contributed by atoms with Crippen LogP contribution in [0, 0.1) is 23.6 Å². The van der Waals surface area contributed by atoms with Gasteiger partial charge in [-0.2, -0.15) is 0 Å². The summed E-state index contributed by atoms with van der Waals surface area (Å²) in [6.07, 6.45) is 16.7. The van der Waals surface area contributed by atoms with Crippen LogP contribution in [0.25, 0.3) is 0 Å². The van der Waals surface area contributed by atoms with E-state index in [2.05, 4.69) is 6.92 Å². The van der Waals surface area contributed by atoms with Crippen LogP contribution in [0.5, 0.6) is 0 Å². The summed E-state index contributed by atoms with van der Waals surface area (Å²) < 4.78 is 13.7. The molecule has 0 saturated heterocycles. The molecule has 1 aromatic carbocycles. The van der Waals surface area contributed by atoms with E-state index in [0.29, 0.717) is 5.92 Å². The van der Waals surface area contributed by atoms with Gasteiger partial charge >= 0.3 is 0 Å². The van der Waals surface area contributed by atoms with Gasteiger partial charge < -0.3 is 0 Å². The fourth-order valence-corrected chi connectivity index (χ4v) is 5.36. The molecule has 25 heavy (non-hydrogen) atoms. The van der Waals surface area contributed by atoms with Crippen LogP contribution in [-0.4, -0.2) is 0 Å². The van der Waals surface area contributed by atoms with Crippen molar-refractivity contribution in [2.75, 3.05) is 0 Å². The SMILES string of the molecule is CCC[C@H]1CC[C@H](CCC2CCC(c3ccc(Cl)c(F)c3)CC2)CC1. The Kier molecular flexibility index (Phi) is 7.22. The third kappa shape index (κ3) is 5.46. The van der Waals surface area contributed by atoms with Crippen molar-refractivity contribution in [3.63, 3.8) is 0 Å². The molecule has 2 fully saturated rings. The van der Waals surface area contributed by atoms with Crippen LogP contribution in [0.3, 0.4) is 0 Å². The first kappa shape index (κ1) is 19.2. The van der Waals surface area contributed by atoms with Crippen molar-refractivity contribution in [2.45, 2.75) is 89.9 Å². The third-order valence-corrected chi connectivity index (χ3v) is 7.21. The van der Waals surface area contributed by atoms with E-state index >= 15 is 0 Å². The van der Waals surface area contributed by atoms with Crippen LogP contribution in [0.2, 0.25) is 5.02 Å². The molecule has 0 heterocycles. The number of hydrogen-bond donors (Lipinski definition) is 0. The highest BCUT2D eigenvalue weighted by molar-refractivity contribution is 6.30. The normalized spacial score (nSPS) is 30.4. The highest BCUT2D eigenvalue weighted by Crippen LogP contribution is 2.40. The van der Waals surface area contributed by atoms with E-state index < -0.39 is 0 Å². The monoisotopic (exact) mass is 364 g/mol. The lowest BCUT2D eigenvalue weighted by Gasteiger charge is -2.32. The molecule has 140 valence electrons. The summed E-state index contributed by atoms with van der Waals surface area (Å²) in [4.78, 5) is 0. The van der Waals surface area contributed by atoms with Crippen molar-refractivity contribution < 1.29 is 4.39 Å². The molecule has 0 N–H and O–H groups in total. The van der Waals surface area contributed by atoms with Crippen molar-refractivity contribution in [2.24, 2.45) is 17.8 Å². The molecule has 0 radical (unpaired) electrons. The minimum Gasteiger partial charge on any atom is -0.205 e. The highest BCUT2D eigenvalue weighted by Gasteiger charge is 2.25. The van der Waals surface area contributed by atoms with E-state index in [-0.39, 0.29) is 10.8 Å². The molecule has 0 bridgehead atoms. The molecule has 0 unspecified atom stereocenters. The Bertz CT molecular complexity index is 525. The first-order valence-electron chi connectivity index (χ1n) is 10.6. The second-order valence-electron chi connectivity index (χ2n) is 8.64. The Balaban J connectivity index is 1.37. The average Bonchev–Trinajstić information content (AvgIpc) is 2.64. The topological polar surface area (TPSA) is 0 Å². The van der Waals surface area contributed by atoms with E-state index in [0.717, 1.165) is 23.3 Å². The Morgan fingerprint density at radius 2 is 1.36 bits per heavy atom. The minimum atomic E-state index is -0.264. The Hall–Kier alpha value is -0.560. The Morgan fingerprint density at radius 1 is 0.840 bits per heavy atom. The zero-order valence-electron chi connectivity index (χ0n) is 15.8. The van der Waals surface area contributed by atoms with Crippen LogP contribution < -0.4 is 0 Å². The molecule has 0 nitrogen and oxygen atoms in total. The summed E-state index contributed by atoms with van der Waals surface area (Å²) >= 11 is 5.81. The number of rotatable bonds is 6. The van der Waals surface area contributed by atoms with Crippen molar-refractivity contribution >= 4 is 11.6 Å². The quantitative estimate of drug-likeness (QED) is 0.477. The summed E-state index contributed by atoms with van der Waals surface area (Å²) in [6.45, 7) is 2.32. The van der Waals surface area contributed by atoms with Crippen LogP contribution in [0.1, 0.15) is 95.5 Å². The van der Waals surface area contributed by atoms with Gasteiger partial charge in [0.15, 0.2) is 0 Å². The summed E-state index contributed by atoms with van der Waals surface area (Å²) in [7, 11) is 0. The molecule has 2 aliphatic carbocycles. The lowest BCUT2D eigenvalue weighted by molar-refractivity contribution is 0.224. The molecule has 2 aliphatic rings. The van der Waals surface area contributed by atoms with Gasteiger partial charge in [0.1, 0.15) is 5.82 Å². The molecule has 0 amide bonds. The molecule has 3 rings (SSSR count). The summed E-state index contributed by atoms with van der Waals surface area (Å²) in [5.74, 6) is 3.20. The Morgan fingerprint density at radius 3 is 1.88 bits per heavy atom. The fraction of sp³-hybridized carbons (Fsp3) is 0.739. The second kappa shape index (κ2) is 9.40. The first-order chi connectivity index (χ1) is 12.2. The molecule has 2 saturated carbocycles. The first-order valence-corrected chi connectivity index (χ1v) is 11.0.